The minimum Gasteiger partial charge on any atom is -0.210 e. The van der Waals surface area contributed by atoms with Crippen LogP contribution in [0.2, 0.25) is 0 Å². The molecule has 0 N–H and O–H groups in total. The molecule has 12 heteroatoms. The zero-order chi connectivity index (χ0) is 20.8. The third-order valence-electron chi connectivity index (χ3n) is 3.74. The van der Waals surface area contributed by atoms with E-state index in [2.05, 4.69) is 15.1 Å². The van der Waals surface area contributed by atoms with Crippen LogP contribution in [0.25, 0.3) is 27.1 Å². The topological polar surface area (TPSA) is 43.6 Å². The summed E-state index contributed by atoms with van der Waals surface area (Å²) in [5, 5.41) is 7.12. The van der Waals surface area contributed by atoms with Gasteiger partial charge in [-0.1, -0.05) is 12.1 Å². The second-order valence-corrected chi connectivity index (χ2v) is 7.61. The van der Waals surface area contributed by atoms with Gasteiger partial charge in [-0.25, -0.2) is 9.97 Å². The Bertz CT molecular complexity index is 1130. The Morgan fingerprint density at radius 2 is 1.38 bits per heavy atom. The first-order valence-electron chi connectivity index (χ1n) is 7.84. The van der Waals surface area contributed by atoms with Crippen molar-refractivity contribution in [3.63, 3.8) is 0 Å². The predicted octanol–water partition coefficient (Wildman–Crippen LogP) is 6.16. The Balaban J connectivity index is 1.95. The first-order chi connectivity index (χ1) is 13.6. The summed E-state index contributed by atoms with van der Waals surface area (Å²) in [4.78, 5) is 8.05. The van der Waals surface area contributed by atoms with Crippen molar-refractivity contribution in [1.29, 1.82) is 0 Å². The molecule has 0 bridgehead atoms. The molecule has 4 aromatic heterocycles. The molecule has 0 radical (unpaired) electrons. The highest BCUT2D eigenvalue weighted by Gasteiger charge is 2.39. The molecule has 4 rings (SSSR count). The number of hydrogen-bond acceptors (Lipinski definition) is 5. The van der Waals surface area contributed by atoms with Crippen LogP contribution in [0.5, 0.6) is 0 Å². The average molecular weight is 446 g/mol. The van der Waals surface area contributed by atoms with Gasteiger partial charge in [0, 0.05) is 0 Å². The normalized spacial score (nSPS) is 12.5. The number of alkyl halides is 6. The largest absolute Gasteiger partial charge is 0.433 e. The average Bonchev–Trinajstić information content (AvgIpc) is 3.40. The summed E-state index contributed by atoms with van der Waals surface area (Å²) in [6.07, 6.45) is -9.74. The van der Waals surface area contributed by atoms with E-state index in [1.165, 1.54) is 6.07 Å². The van der Waals surface area contributed by atoms with Gasteiger partial charge in [-0.15, -0.1) is 22.7 Å². The van der Waals surface area contributed by atoms with Crippen LogP contribution in [-0.2, 0) is 12.4 Å². The van der Waals surface area contributed by atoms with Crippen molar-refractivity contribution in [2.75, 3.05) is 0 Å². The molecule has 0 spiro atoms. The standard InChI is InChI=1S/C17H8F6N4S2/c18-16(19,20)13-7-9(11-3-1-5-28-11)24-15(25-13)27-14(17(21,22)23)8-10(26-27)12-4-2-6-29-12/h1-8H. The zero-order valence-corrected chi connectivity index (χ0v) is 15.6. The maximum absolute atomic E-state index is 13.6. The number of halogens is 6. The van der Waals surface area contributed by atoms with Crippen molar-refractivity contribution in [3.05, 3.63) is 58.5 Å². The van der Waals surface area contributed by atoms with Crippen LogP contribution < -0.4 is 0 Å². The maximum atomic E-state index is 13.6. The summed E-state index contributed by atoms with van der Waals surface area (Å²) in [5.74, 6) is -0.807. The summed E-state index contributed by atoms with van der Waals surface area (Å²) in [7, 11) is 0. The Labute approximate surface area is 167 Å². The lowest BCUT2D eigenvalue weighted by molar-refractivity contribution is -0.143. The molecular formula is C17H8F6N4S2. The molecule has 0 saturated heterocycles. The van der Waals surface area contributed by atoms with Crippen LogP contribution in [0.15, 0.2) is 47.2 Å². The fourth-order valence-corrected chi connectivity index (χ4v) is 3.87. The number of nitrogens with zero attached hydrogens (tertiary/aromatic N) is 4. The molecular weight excluding hydrogens is 438 g/mol. The summed E-state index contributed by atoms with van der Waals surface area (Å²) >= 11 is 2.25. The minimum absolute atomic E-state index is 0.0361. The summed E-state index contributed by atoms with van der Waals surface area (Å²) in [5.41, 5.74) is -2.80. The Morgan fingerprint density at radius 3 is 1.90 bits per heavy atom. The molecule has 0 saturated carbocycles. The molecule has 29 heavy (non-hydrogen) atoms. The number of thiophene rings is 2. The van der Waals surface area contributed by atoms with Crippen LogP contribution in [0, 0.1) is 0 Å². The number of aromatic nitrogens is 4. The number of rotatable bonds is 3. The van der Waals surface area contributed by atoms with E-state index in [-0.39, 0.29) is 11.4 Å². The smallest absolute Gasteiger partial charge is 0.210 e. The Morgan fingerprint density at radius 1 is 0.759 bits per heavy atom. The van der Waals surface area contributed by atoms with Gasteiger partial charge in [0.15, 0.2) is 11.4 Å². The van der Waals surface area contributed by atoms with Crippen molar-refractivity contribution in [1.82, 2.24) is 19.7 Å². The molecule has 0 amide bonds. The molecule has 0 aromatic carbocycles. The second kappa shape index (κ2) is 6.95. The van der Waals surface area contributed by atoms with E-state index in [4.69, 9.17) is 0 Å². The zero-order valence-electron chi connectivity index (χ0n) is 14.0. The van der Waals surface area contributed by atoms with Crippen molar-refractivity contribution in [2.45, 2.75) is 12.4 Å². The van der Waals surface area contributed by atoms with Gasteiger partial charge in [-0.3, -0.25) is 0 Å². The molecule has 0 fully saturated rings. The van der Waals surface area contributed by atoms with Crippen molar-refractivity contribution >= 4 is 22.7 Å². The third-order valence-corrected chi connectivity index (χ3v) is 5.53. The van der Waals surface area contributed by atoms with E-state index in [9.17, 15) is 26.3 Å². The van der Waals surface area contributed by atoms with E-state index >= 15 is 0 Å². The van der Waals surface area contributed by atoms with Crippen molar-refractivity contribution < 1.29 is 26.3 Å². The molecule has 0 unspecified atom stereocenters. The van der Waals surface area contributed by atoms with Crippen LogP contribution in [0.1, 0.15) is 11.4 Å². The molecule has 0 atom stereocenters. The van der Waals surface area contributed by atoms with Gasteiger partial charge in [-0.2, -0.15) is 36.1 Å². The van der Waals surface area contributed by atoms with Gasteiger partial charge in [0.05, 0.1) is 15.4 Å². The van der Waals surface area contributed by atoms with Gasteiger partial charge < -0.3 is 0 Å². The molecule has 0 aliphatic carbocycles. The SMILES string of the molecule is FC(F)(F)c1cc(-c2cccs2)nc(-n2nc(-c3cccs3)cc2C(F)(F)F)n1. The van der Waals surface area contributed by atoms with E-state index in [0.29, 0.717) is 20.5 Å². The van der Waals surface area contributed by atoms with Gasteiger partial charge in [0.1, 0.15) is 5.69 Å². The Hall–Kier alpha value is -2.73. The fraction of sp³-hybridized carbons (Fsp3) is 0.118. The monoisotopic (exact) mass is 446 g/mol. The third kappa shape index (κ3) is 3.90. The van der Waals surface area contributed by atoms with Gasteiger partial charge in [-0.05, 0) is 35.0 Å². The summed E-state index contributed by atoms with van der Waals surface area (Å²) in [6, 6.07) is 7.76. The van der Waals surface area contributed by atoms with Crippen LogP contribution >= 0.6 is 22.7 Å². The Kier molecular flexibility index (Phi) is 4.69. The molecule has 4 nitrogen and oxygen atoms in total. The van der Waals surface area contributed by atoms with E-state index < -0.39 is 29.7 Å². The lowest BCUT2D eigenvalue weighted by Crippen LogP contribution is -2.18. The predicted molar refractivity (Wildman–Crippen MR) is 95.8 cm³/mol. The van der Waals surface area contributed by atoms with Crippen LogP contribution in [0.3, 0.4) is 0 Å². The fourth-order valence-electron chi connectivity index (χ4n) is 2.51. The highest BCUT2D eigenvalue weighted by molar-refractivity contribution is 7.13. The van der Waals surface area contributed by atoms with E-state index in [1.807, 2.05) is 0 Å². The van der Waals surface area contributed by atoms with Crippen LogP contribution in [-0.4, -0.2) is 19.7 Å². The lowest BCUT2D eigenvalue weighted by Gasteiger charge is -2.12. The van der Waals surface area contributed by atoms with Crippen molar-refractivity contribution in [3.8, 4) is 27.1 Å². The quantitative estimate of drug-likeness (QED) is 0.354. The van der Waals surface area contributed by atoms with E-state index in [1.54, 1.807) is 29.0 Å². The first kappa shape index (κ1) is 19.6. The summed E-state index contributed by atoms with van der Waals surface area (Å²) < 4.78 is 81.0. The summed E-state index contributed by atoms with van der Waals surface area (Å²) in [6.45, 7) is 0. The van der Waals surface area contributed by atoms with E-state index in [0.717, 1.165) is 28.7 Å². The van der Waals surface area contributed by atoms with Gasteiger partial charge in [0.2, 0.25) is 0 Å². The maximum Gasteiger partial charge on any atom is 0.433 e. The molecule has 150 valence electrons. The first-order valence-corrected chi connectivity index (χ1v) is 9.60. The van der Waals surface area contributed by atoms with Gasteiger partial charge >= 0.3 is 12.4 Å². The number of hydrogen-bond donors (Lipinski definition) is 0. The minimum atomic E-state index is -4.87. The van der Waals surface area contributed by atoms with Crippen molar-refractivity contribution in [2.24, 2.45) is 0 Å². The molecule has 4 aromatic rings. The van der Waals surface area contributed by atoms with Crippen LogP contribution in [0.4, 0.5) is 26.3 Å². The molecule has 4 heterocycles. The molecule has 0 aliphatic rings. The van der Waals surface area contributed by atoms with Gasteiger partial charge in [0.25, 0.3) is 5.95 Å². The molecule has 0 aliphatic heterocycles. The highest BCUT2D eigenvalue weighted by atomic mass is 32.1. The lowest BCUT2D eigenvalue weighted by atomic mass is 10.2. The second-order valence-electron chi connectivity index (χ2n) is 5.72. The highest BCUT2D eigenvalue weighted by Crippen LogP contribution is 2.36.